The average Bonchev–Trinajstić information content (AvgIpc) is 3.32. The summed E-state index contributed by atoms with van der Waals surface area (Å²) in [5, 5.41) is 2.49. The summed E-state index contributed by atoms with van der Waals surface area (Å²) in [5.41, 5.74) is 1.93. The zero-order chi connectivity index (χ0) is 22.2. The molecule has 1 saturated heterocycles. The van der Waals surface area contributed by atoms with Crippen molar-refractivity contribution in [1.29, 1.82) is 0 Å². The van der Waals surface area contributed by atoms with Gasteiger partial charge in [0, 0.05) is 27.0 Å². The molecule has 3 aliphatic rings. The number of amidine groups is 1. The normalized spacial score (nSPS) is 22.8. The number of nitrogens with zero attached hydrogens (tertiary/aromatic N) is 3. The predicted molar refractivity (Wildman–Crippen MR) is 140 cm³/mol. The first-order valence-corrected chi connectivity index (χ1v) is 13.7. The van der Waals surface area contributed by atoms with Crippen molar-refractivity contribution >= 4 is 73.5 Å². The number of halogens is 2. The van der Waals surface area contributed by atoms with E-state index >= 15 is 0 Å². The van der Waals surface area contributed by atoms with Crippen molar-refractivity contribution in [3.05, 3.63) is 61.9 Å². The van der Waals surface area contributed by atoms with E-state index in [1.165, 1.54) is 18.2 Å². The quantitative estimate of drug-likeness (QED) is 0.367. The third kappa shape index (κ3) is 4.25. The third-order valence-corrected chi connectivity index (χ3v) is 9.10. The lowest BCUT2D eigenvalue weighted by Crippen LogP contribution is -2.40. The molecule has 2 aromatic rings. The van der Waals surface area contributed by atoms with E-state index in [2.05, 4.69) is 27.8 Å². The zero-order valence-corrected chi connectivity index (χ0v) is 21.7. The van der Waals surface area contributed by atoms with Gasteiger partial charge in [-0.3, -0.25) is 9.69 Å². The van der Waals surface area contributed by atoms with Gasteiger partial charge in [-0.25, -0.2) is 4.99 Å². The molecule has 0 N–H and O–H groups in total. The second kappa shape index (κ2) is 9.45. The molecule has 32 heavy (non-hydrogen) atoms. The van der Waals surface area contributed by atoms with E-state index in [9.17, 15) is 4.79 Å². The van der Waals surface area contributed by atoms with Crippen LogP contribution in [0.3, 0.4) is 0 Å². The molecule has 0 bridgehead atoms. The number of aliphatic imine (C=N–C) groups is 1. The number of hydrogen-bond acceptors (Lipinski definition) is 5. The Morgan fingerprint density at radius 1 is 1.09 bits per heavy atom. The highest BCUT2D eigenvalue weighted by Crippen LogP contribution is 2.52. The van der Waals surface area contributed by atoms with Gasteiger partial charge in [0.1, 0.15) is 9.93 Å². The highest BCUT2D eigenvalue weighted by Gasteiger charge is 2.42. The van der Waals surface area contributed by atoms with Crippen LogP contribution in [-0.2, 0) is 4.79 Å². The van der Waals surface area contributed by atoms with Gasteiger partial charge in [0.25, 0.3) is 5.91 Å². The summed E-state index contributed by atoms with van der Waals surface area (Å²) in [5.74, 6) is 0.0811. The highest BCUT2D eigenvalue weighted by molar-refractivity contribution is 9.10. The second-order valence-electron chi connectivity index (χ2n) is 8.03. The van der Waals surface area contributed by atoms with Crippen LogP contribution in [0.1, 0.15) is 39.0 Å². The van der Waals surface area contributed by atoms with Crippen LogP contribution in [0, 0.1) is 0 Å². The number of carbonyl (C=O) groups is 1. The number of benzene rings is 2. The van der Waals surface area contributed by atoms with Crippen LogP contribution < -0.4 is 4.90 Å². The van der Waals surface area contributed by atoms with Crippen molar-refractivity contribution < 1.29 is 4.79 Å². The van der Waals surface area contributed by atoms with Gasteiger partial charge in [-0.2, -0.15) is 0 Å². The number of anilines is 1. The minimum atomic E-state index is 0.0811. The summed E-state index contributed by atoms with van der Waals surface area (Å²) in [6, 6.07) is 14.1. The van der Waals surface area contributed by atoms with Gasteiger partial charge in [-0.1, -0.05) is 58.6 Å². The number of thioether (sulfide) groups is 2. The van der Waals surface area contributed by atoms with E-state index in [-0.39, 0.29) is 11.9 Å². The molecule has 0 spiro atoms. The summed E-state index contributed by atoms with van der Waals surface area (Å²) in [6.07, 6.45) is 5.64. The lowest BCUT2D eigenvalue weighted by atomic mass is 9.94. The van der Waals surface area contributed by atoms with Crippen molar-refractivity contribution in [3.8, 4) is 0 Å². The minimum Gasteiger partial charge on any atom is -0.334 e. The van der Waals surface area contributed by atoms with E-state index in [0.717, 1.165) is 68.1 Å². The van der Waals surface area contributed by atoms with Gasteiger partial charge in [-0.05, 0) is 74.0 Å². The molecule has 0 aromatic heterocycles. The Morgan fingerprint density at radius 2 is 1.84 bits per heavy atom. The molecule has 4 nitrogen and oxygen atoms in total. The number of amides is 1. The maximum atomic E-state index is 13.8. The fraction of sp³-hybridized carbons (Fsp3) is 0.333. The van der Waals surface area contributed by atoms with Crippen molar-refractivity contribution in [3.63, 3.8) is 0 Å². The summed E-state index contributed by atoms with van der Waals surface area (Å²) < 4.78 is 1.01. The van der Waals surface area contributed by atoms with E-state index in [1.807, 2.05) is 47.4 Å². The van der Waals surface area contributed by atoms with Crippen molar-refractivity contribution in [2.75, 3.05) is 11.4 Å². The number of carbonyl (C=O) groups excluding carboxylic acids is 1. The lowest BCUT2D eigenvalue weighted by Gasteiger charge is -2.30. The van der Waals surface area contributed by atoms with E-state index in [0.29, 0.717) is 5.02 Å². The third-order valence-electron chi connectivity index (χ3n) is 5.98. The fourth-order valence-corrected chi connectivity index (χ4v) is 7.28. The summed E-state index contributed by atoms with van der Waals surface area (Å²) in [6.45, 7) is 2.88. The average molecular weight is 549 g/mol. The van der Waals surface area contributed by atoms with Crippen LogP contribution in [0.25, 0.3) is 0 Å². The molecule has 0 radical (unpaired) electrons. The summed E-state index contributed by atoms with van der Waals surface area (Å²) in [4.78, 5) is 24.8. The molecule has 2 aromatic carbocycles. The first-order valence-electron chi connectivity index (χ1n) is 10.9. The lowest BCUT2D eigenvalue weighted by molar-refractivity contribution is -0.124. The van der Waals surface area contributed by atoms with Gasteiger partial charge in [0.2, 0.25) is 0 Å². The number of fused-ring (bicyclic) bond motifs is 1. The second-order valence-corrected chi connectivity index (χ2v) is 11.4. The Morgan fingerprint density at radius 3 is 2.56 bits per heavy atom. The zero-order valence-electron chi connectivity index (χ0n) is 17.7. The SMILES string of the molecule is CCN1C(=C2SC(=Nc3ccc(Br)cc3)N(C3CCCCC3)C2=O)Sc2ccc(Cl)cc21. The predicted octanol–water partition coefficient (Wildman–Crippen LogP) is 7.80. The summed E-state index contributed by atoms with van der Waals surface area (Å²) in [7, 11) is 0. The van der Waals surface area contributed by atoms with Gasteiger partial charge >= 0.3 is 0 Å². The molecule has 1 amide bonds. The van der Waals surface area contributed by atoms with E-state index < -0.39 is 0 Å². The Labute approximate surface area is 210 Å². The van der Waals surface area contributed by atoms with Crippen LogP contribution in [-0.4, -0.2) is 28.6 Å². The Balaban J connectivity index is 1.57. The van der Waals surface area contributed by atoms with Crippen LogP contribution in [0.15, 0.2) is 66.8 Å². The van der Waals surface area contributed by atoms with Crippen molar-refractivity contribution in [2.24, 2.45) is 4.99 Å². The smallest absolute Gasteiger partial charge is 0.269 e. The van der Waals surface area contributed by atoms with Crippen LogP contribution >= 0.6 is 51.1 Å². The van der Waals surface area contributed by atoms with Gasteiger partial charge in [0.05, 0.1) is 11.4 Å². The Kier molecular flexibility index (Phi) is 6.61. The molecule has 2 heterocycles. The fourth-order valence-electron chi connectivity index (χ4n) is 4.42. The van der Waals surface area contributed by atoms with Gasteiger partial charge in [-0.15, -0.1) is 0 Å². The standard InChI is InChI=1S/C24H23BrClN3OS2/c1-2-28-19-14-16(26)10-13-20(19)31-23(28)21-22(30)29(18-6-4-3-5-7-18)24(32-21)27-17-11-8-15(25)9-12-17/h8-14,18H,2-7H2,1H3. The maximum Gasteiger partial charge on any atom is 0.269 e. The topological polar surface area (TPSA) is 35.9 Å². The minimum absolute atomic E-state index is 0.0811. The molecule has 5 rings (SSSR count). The molecule has 2 aliphatic heterocycles. The van der Waals surface area contributed by atoms with Crippen molar-refractivity contribution in [2.45, 2.75) is 50.0 Å². The summed E-state index contributed by atoms with van der Waals surface area (Å²) >= 11 is 12.9. The Hall–Kier alpha value is -1.41. The molecule has 1 saturated carbocycles. The molecule has 0 atom stereocenters. The van der Waals surface area contributed by atoms with E-state index in [4.69, 9.17) is 16.6 Å². The van der Waals surface area contributed by atoms with Gasteiger partial charge < -0.3 is 4.90 Å². The monoisotopic (exact) mass is 547 g/mol. The molecule has 2 fully saturated rings. The number of hydrogen-bond donors (Lipinski definition) is 0. The molecular formula is C24H23BrClN3OS2. The molecule has 166 valence electrons. The Bertz CT molecular complexity index is 1110. The van der Waals surface area contributed by atoms with Crippen LogP contribution in [0.5, 0.6) is 0 Å². The van der Waals surface area contributed by atoms with Crippen LogP contribution in [0.2, 0.25) is 5.02 Å². The highest BCUT2D eigenvalue weighted by atomic mass is 79.9. The van der Waals surface area contributed by atoms with Gasteiger partial charge in [0.15, 0.2) is 5.17 Å². The molecule has 1 aliphatic carbocycles. The largest absolute Gasteiger partial charge is 0.334 e. The molecule has 8 heteroatoms. The first kappa shape index (κ1) is 22.4. The number of rotatable bonds is 3. The molecular weight excluding hydrogens is 526 g/mol. The first-order chi connectivity index (χ1) is 15.5. The van der Waals surface area contributed by atoms with E-state index in [1.54, 1.807) is 11.8 Å². The van der Waals surface area contributed by atoms with Crippen LogP contribution in [0.4, 0.5) is 11.4 Å². The van der Waals surface area contributed by atoms with Crippen molar-refractivity contribution in [1.82, 2.24) is 4.90 Å². The maximum absolute atomic E-state index is 13.8. The molecule has 0 unspecified atom stereocenters.